The maximum Gasteiger partial charge on any atom is 0.266 e. The van der Waals surface area contributed by atoms with Crippen molar-refractivity contribution in [3.05, 3.63) is 33.1 Å². The maximum atomic E-state index is 12.6. The zero-order valence-electron chi connectivity index (χ0n) is 16.3. The van der Waals surface area contributed by atoms with E-state index in [-0.39, 0.29) is 5.91 Å². The van der Waals surface area contributed by atoms with Crippen molar-refractivity contribution in [2.24, 2.45) is 12.8 Å². The number of hydrogen-bond donors (Lipinski definition) is 3. The lowest BCUT2D eigenvalue weighted by atomic mass is 9.92. The summed E-state index contributed by atoms with van der Waals surface area (Å²) in [6, 6.07) is 5.52. The number of aryl methyl sites for hydroxylation is 3. The summed E-state index contributed by atoms with van der Waals surface area (Å²) in [5.41, 5.74) is 8.23. The van der Waals surface area contributed by atoms with E-state index in [2.05, 4.69) is 28.7 Å². The van der Waals surface area contributed by atoms with Gasteiger partial charge in [0, 0.05) is 42.0 Å². The smallest absolute Gasteiger partial charge is 0.266 e. The average molecular weight is 388 g/mol. The number of aromatic nitrogens is 2. The van der Waals surface area contributed by atoms with Crippen LogP contribution in [0.15, 0.2) is 12.1 Å². The quantitative estimate of drug-likeness (QED) is 0.736. The van der Waals surface area contributed by atoms with Crippen molar-refractivity contribution in [2.45, 2.75) is 70.0 Å². The van der Waals surface area contributed by atoms with Crippen molar-refractivity contribution in [3.63, 3.8) is 0 Å². The Morgan fingerprint density at radius 3 is 2.67 bits per heavy atom. The number of carbonyl (C=O) groups is 1. The first-order valence-corrected chi connectivity index (χ1v) is 10.7. The zero-order valence-corrected chi connectivity index (χ0v) is 17.1. The molecule has 2 heterocycles. The minimum absolute atomic E-state index is 0.0521. The van der Waals surface area contributed by atoms with Crippen molar-refractivity contribution in [2.75, 3.05) is 5.32 Å². The Morgan fingerprint density at radius 2 is 2.00 bits per heavy atom. The Hall–Kier alpha value is -1.70. The summed E-state index contributed by atoms with van der Waals surface area (Å²) in [5, 5.41) is 11.1. The van der Waals surface area contributed by atoms with E-state index in [9.17, 15) is 4.79 Å². The molecule has 4 rings (SSSR count). The van der Waals surface area contributed by atoms with Gasteiger partial charge in [-0.1, -0.05) is 0 Å². The van der Waals surface area contributed by atoms with Gasteiger partial charge in [0.25, 0.3) is 5.91 Å². The van der Waals surface area contributed by atoms with Crippen LogP contribution in [0.3, 0.4) is 0 Å². The Balaban J connectivity index is 1.37. The lowest BCUT2D eigenvalue weighted by Crippen LogP contribution is -2.38. The molecule has 2 aliphatic rings. The number of anilines is 1. The maximum absolute atomic E-state index is 12.6. The van der Waals surface area contributed by atoms with Crippen LogP contribution < -0.4 is 16.4 Å². The number of rotatable bonds is 5. The number of nitrogens with two attached hydrogens (primary N) is 1. The second kappa shape index (κ2) is 7.37. The van der Waals surface area contributed by atoms with Crippen molar-refractivity contribution in [3.8, 4) is 0 Å². The molecule has 27 heavy (non-hydrogen) atoms. The van der Waals surface area contributed by atoms with E-state index in [1.807, 2.05) is 20.0 Å². The molecule has 0 saturated heterocycles. The van der Waals surface area contributed by atoms with Gasteiger partial charge in [-0.15, -0.1) is 11.3 Å². The summed E-state index contributed by atoms with van der Waals surface area (Å²) in [7, 11) is 1.84. The normalized spacial score (nSPS) is 27.6. The Labute approximate surface area is 164 Å². The van der Waals surface area contributed by atoms with Crippen LogP contribution in [0.5, 0.6) is 0 Å². The van der Waals surface area contributed by atoms with E-state index < -0.39 is 0 Å². The highest BCUT2D eigenvalue weighted by Crippen LogP contribution is 2.45. The van der Waals surface area contributed by atoms with Crippen LogP contribution in [0.2, 0.25) is 0 Å². The molecule has 2 fully saturated rings. The van der Waals surface area contributed by atoms with Gasteiger partial charge in [-0.25, -0.2) is 0 Å². The summed E-state index contributed by atoms with van der Waals surface area (Å²) in [4.78, 5) is 14.7. The second-order valence-corrected chi connectivity index (χ2v) is 9.35. The van der Waals surface area contributed by atoms with Crippen molar-refractivity contribution in [1.29, 1.82) is 0 Å². The third-order valence-electron chi connectivity index (χ3n) is 5.84. The summed E-state index contributed by atoms with van der Waals surface area (Å²) in [6.45, 7) is 4.04. The predicted octanol–water partition coefficient (Wildman–Crippen LogP) is 3.07. The highest BCUT2D eigenvalue weighted by Gasteiger charge is 2.41. The molecule has 2 aromatic rings. The molecule has 2 aromatic heterocycles. The molecule has 4 N–H and O–H groups in total. The Kier molecular flexibility index (Phi) is 5.09. The van der Waals surface area contributed by atoms with E-state index in [1.54, 1.807) is 16.0 Å². The fraction of sp³-hybridized carbons (Fsp3) is 0.600. The van der Waals surface area contributed by atoms with Gasteiger partial charge in [-0.05, 0) is 57.6 Å². The molecule has 0 spiro atoms. The average Bonchev–Trinajstić information content (AvgIpc) is 3.14. The molecule has 146 valence electrons. The van der Waals surface area contributed by atoms with E-state index in [4.69, 9.17) is 5.73 Å². The molecular weight excluding hydrogens is 358 g/mol. The highest BCUT2D eigenvalue weighted by molar-refractivity contribution is 7.14. The SMILES string of the molecule is Cc1cc(NC(=O)c2cc(C3CC3NC3CCC(N)CC3)c(C)s2)n(C)n1. The summed E-state index contributed by atoms with van der Waals surface area (Å²) >= 11 is 1.59. The van der Waals surface area contributed by atoms with Gasteiger partial charge in [0.1, 0.15) is 5.82 Å². The Morgan fingerprint density at radius 1 is 1.26 bits per heavy atom. The number of nitrogens with zero attached hydrogens (tertiary/aromatic N) is 2. The molecule has 0 radical (unpaired) electrons. The minimum atomic E-state index is -0.0521. The molecule has 2 atom stereocenters. The molecule has 0 bridgehead atoms. The summed E-state index contributed by atoms with van der Waals surface area (Å²) < 4.78 is 1.70. The molecule has 6 nitrogen and oxygen atoms in total. The van der Waals surface area contributed by atoms with Crippen LogP contribution >= 0.6 is 11.3 Å². The first kappa shape index (κ1) is 18.7. The van der Waals surface area contributed by atoms with Crippen LogP contribution in [-0.2, 0) is 7.05 Å². The van der Waals surface area contributed by atoms with Crippen LogP contribution in [0.25, 0.3) is 0 Å². The van der Waals surface area contributed by atoms with E-state index in [0.717, 1.165) is 29.2 Å². The summed E-state index contributed by atoms with van der Waals surface area (Å²) in [5.74, 6) is 1.22. The van der Waals surface area contributed by atoms with E-state index in [1.165, 1.54) is 29.7 Å². The molecule has 0 aromatic carbocycles. The zero-order chi connectivity index (χ0) is 19.1. The second-order valence-electron chi connectivity index (χ2n) is 8.10. The van der Waals surface area contributed by atoms with Gasteiger partial charge in [0.15, 0.2) is 0 Å². The third kappa shape index (κ3) is 4.10. The lowest BCUT2D eigenvalue weighted by molar-refractivity contribution is 0.102. The highest BCUT2D eigenvalue weighted by atomic mass is 32.1. The van der Waals surface area contributed by atoms with Gasteiger partial charge < -0.3 is 16.4 Å². The van der Waals surface area contributed by atoms with Gasteiger partial charge in [-0.3, -0.25) is 9.48 Å². The molecule has 0 aliphatic heterocycles. The van der Waals surface area contributed by atoms with Gasteiger partial charge in [-0.2, -0.15) is 5.10 Å². The third-order valence-corrected chi connectivity index (χ3v) is 6.90. The van der Waals surface area contributed by atoms with Gasteiger partial charge >= 0.3 is 0 Å². The largest absolute Gasteiger partial charge is 0.328 e. The van der Waals surface area contributed by atoms with Crippen molar-refractivity contribution < 1.29 is 4.79 Å². The van der Waals surface area contributed by atoms with Gasteiger partial charge in [0.2, 0.25) is 0 Å². The topological polar surface area (TPSA) is 85.0 Å². The number of amides is 1. The van der Waals surface area contributed by atoms with Crippen LogP contribution in [-0.4, -0.2) is 33.8 Å². The molecule has 2 aliphatic carbocycles. The number of thiophene rings is 1. The number of carbonyl (C=O) groups excluding carboxylic acids is 1. The van der Waals surface area contributed by atoms with E-state index in [0.29, 0.717) is 24.0 Å². The monoisotopic (exact) mass is 387 g/mol. The lowest BCUT2D eigenvalue weighted by Gasteiger charge is -2.27. The first-order chi connectivity index (χ1) is 12.9. The van der Waals surface area contributed by atoms with Crippen LogP contribution in [0, 0.1) is 13.8 Å². The molecular formula is C20H29N5OS. The fourth-order valence-electron chi connectivity index (χ4n) is 4.19. The molecule has 2 unspecified atom stereocenters. The standard InChI is InChI=1S/C20H29N5OS/c1-11-8-19(25(3)24-11)23-20(26)18-10-15(12(2)27-18)16-9-17(16)22-14-6-4-13(21)5-7-14/h8,10,13-14,16-17,22H,4-7,9,21H2,1-3H3,(H,23,26). The van der Waals surface area contributed by atoms with E-state index >= 15 is 0 Å². The minimum Gasteiger partial charge on any atom is -0.328 e. The molecule has 2 saturated carbocycles. The molecule has 1 amide bonds. The molecule has 7 heteroatoms. The Bertz CT molecular complexity index is 834. The first-order valence-electron chi connectivity index (χ1n) is 9.84. The van der Waals surface area contributed by atoms with Crippen molar-refractivity contribution >= 4 is 23.1 Å². The predicted molar refractivity (Wildman–Crippen MR) is 109 cm³/mol. The number of hydrogen-bond acceptors (Lipinski definition) is 5. The van der Waals surface area contributed by atoms with Crippen LogP contribution in [0.4, 0.5) is 5.82 Å². The fourth-order valence-corrected chi connectivity index (χ4v) is 5.18. The summed E-state index contributed by atoms with van der Waals surface area (Å²) in [6.07, 6.45) is 5.80. The van der Waals surface area contributed by atoms with Crippen molar-refractivity contribution in [1.82, 2.24) is 15.1 Å². The van der Waals surface area contributed by atoms with Crippen LogP contribution in [0.1, 0.15) is 63.8 Å². The number of nitrogens with one attached hydrogen (secondary N) is 2. The van der Waals surface area contributed by atoms with Gasteiger partial charge in [0.05, 0.1) is 10.6 Å².